The van der Waals surface area contributed by atoms with Crippen molar-refractivity contribution in [2.45, 2.75) is 20.4 Å². The van der Waals surface area contributed by atoms with E-state index in [1.54, 1.807) is 7.05 Å². The summed E-state index contributed by atoms with van der Waals surface area (Å²) < 4.78 is 0. The number of nitrogens with zero attached hydrogens (tertiary/aromatic N) is 1. The molecule has 0 heterocycles. The van der Waals surface area contributed by atoms with Gasteiger partial charge < -0.3 is 15.5 Å². The van der Waals surface area contributed by atoms with E-state index in [2.05, 4.69) is 53.6 Å². The lowest BCUT2D eigenvalue weighted by molar-refractivity contribution is -0.119. The number of hydrogen-bond acceptors (Lipinski definition) is 3. The van der Waals surface area contributed by atoms with Crippen molar-refractivity contribution < 1.29 is 4.79 Å². The molecule has 0 radical (unpaired) electrons. The van der Waals surface area contributed by atoms with Gasteiger partial charge in [-0.05, 0) is 31.2 Å². The predicted molar refractivity (Wildman–Crippen MR) is 75.8 cm³/mol. The third-order valence-corrected chi connectivity index (χ3v) is 2.88. The second-order valence-electron chi connectivity index (χ2n) is 4.13. The number of benzene rings is 1. The van der Waals surface area contributed by atoms with Crippen LogP contribution in [0.15, 0.2) is 24.3 Å². The number of carbonyl (C=O) groups is 1. The zero-order valence-electron chi connectivity index (χ0n) is 11.5. The van der Waals surface area contributed by atoms with Crippen molar-refractivity contribution in [1.29, 1.82) is 0 Å². The van der Waals surface area contributed by atoms with Crippen LogP contribution in [-0.2, 0) is 11.3 Å². The largest absolute Gasteiger partial charge is 0.363 e. The Labute approximate surface area is 109 Å². The molecule has 0 saturated carbocycles. The summed E-state index contributed by atoms with van der Waals surface area (Å²) in [5.74, 6) is 0.0357. The molecule has 0 spiro atoms. The summed E-state index contributed by atoms with van der Waals surface area (Å²) in [6.07, 6.45) is 0. The molecule has 0 unspecified atom stereocenters. The highest BCUT2D eigenvalue weighted by Gasteiger charge is 2.08. The molecule has 1 rings (SSSR count). The van der Waals surface area contributed by atoms with E-state index in [1.807, 2.05) is 0 Å². The highest BCUT2D eigenvalue weighted by Crippen LogP contribution is 2.14. The fourth-order valence-electron chi connectivity index (χ4n) is 1.73. The Kier molecular flexibility index (Phi) is 6.22. The van der Waals surface area contributed by atoms with Gasteiger partial charge in [0, 0.05) is 25.8 Å². The molecule has 4 nitrogen and oxygen atoms in total. The third-order valence-electron chi connectivity index (χ3n) is 2.88. The van der Waals surface area contributed by atoms with E-state index in [1.165, 1.54) is 5.56 Å². The van der Waals surface area contributed by atoms with Crippen molar-refractivity contribution >= 4 is 11.6 Å². The van der Waals surface area contributed by atoms with Crippen molar-refractivity contribution in [2.24, 2.45) is 0 Å². The van der Waals surface area contributed by atoms with Crippen LogP contribution in [0.3, 0.4) is 0 Å². The fourth-order valence-corrected chi connectivity index (χ4v) is 1.73. The molecule has 0 aliphatic heterocycles. The van der Waals surface area contributed by atoms with Crippen LogP contribution in [0, 0.1) is 0 Å². The minimum absolute atomic E-state index is 0.0357. The predicted octanol–water partition coefficient (Wildman–Crippen LogP) is 1.37. The van der Waals surface area contributed by atoms with E-state index in [4.69, 9.17) is 0 Å². The number of rotatable bonds is 7. The summed E-state index contributed by atoms with van der Waals surface area (Å²) >= 11 is 0. The first-order chi connectivity index (χ1) is 8.71. The Morgan fingerprint density at radius 3 is 2.39 bits per heavy atom. The van der Waals surface area contributed by atoms with E-state index in [9.17, 15) is 4.79 Å². The Morgan fingerprint density at radius 2 is 1.89 bits per heavy atom. The first-order valence-corrected chi connectivity index (χ1v) is 6.46. The maximum atomic E-state index is 11.4. The summed E-state index contributed by atoms with van der Waals surface area (Å²) in [4.78, 5) is 13.5. The van der Waals surface area contributed by atoms with Gasteiger partial charge in [-0.1, -0.05) is 19.1 Å². The molecule has 0 saturated heterocycles. The second kappa shape index (κ2) is 7.71. The number of anilines is 1. The molecule has 2 N–H and O–H groups in total. The normalized spacial score (nSPS) is 10.2. The minimum atomic E-state index is 0.0357. The van der Waals surface area contributed by atoms with Gasteiger partial charge in [0.05, 0.1) is 6.54 Å². The van der Waals surface area contributed by atoms with Gasteiger partial charge in [0.25, 0.3) is 0 Å². The molecular formula is C14H23N3O. The molecule has 0 atom stereocenters. The molecule has 1 aromatic carbocycles. The number of hydrogen-bond donors (Lipinski definition) is 2. The van der Waals surface area contributed by atoms with Crippen LogP contribution in [0.1, 0.15) is 19.4 Å². The molecule has 0 aliphatic carbocycles. The lowest BCUT2D eigenvalue weighted by Crippen LogP contribution is -2.35. The smallest absolute Gasteiger partial charge is 0.239 e. The average Bonchev–Trinajstić information content (AvgIpc) is 2.42. The lowest BCUT2D eigenvalue weighted by Gasteiger charge is -2.22. The van der Waals surface area contributed by atoms with Crippen LogP contribution < -0.4 is 15.5 Å². The quantitative estimate of drug-likeness (QED) is 0.767. The molecule has 0 aromatic heterocycles. The first-order valence-electron chi connectivity index (χ1n) is 6.46. The summed E-state index contributed by atoms with van der Waals surface area (Å²) in [5, 5.41) is 5.94. The van der Waals surface area contributed by atoms with E-state index in [0.29, 0.717) is 6.54 Å². The number of amides is 1. The Hall–Kier alpha value is -1.55. The standard InChI is InChI=1S/C14H23N3O/c1-4-16-10-12-6-8-13(9-7-12)17(5-2)11-14(18)15-3/h6-9,16H,4-5,10-11H2,1-3H3,(H,15,18). The highest BCUT2D eigenvalue weighted by molar-refractivity contribution is 5.81. The molecule has 1 aromatic rings. The topological polar surface area (TPSA) is 44.4 Å². The molecule has 100 valence electrons. The third kappa shape index (κ3) is 4.37. The number of carbonyl (C=O) groups excluding carboxylic acids is 1. The van der Waals surface area contributed by atoms with Gasteiger partial charge in [0.1, 0.15) is 0 Å². The zero-order chi connectivity index (χ0) is 13.4. The molecule has 0 fully saturated rings. The Morgan fingerprint density at radius 1 is 1.22 bits per heavy atom. The Bertz CT molecular complexity index is 362. The maximum Gasteiger partial charge on any atom is 0.239 e. The van der Waals surface area contributed by atoms with Gasteiger partial charge in [0.2, 0.25) is 5.91 Å². The Balaban J connectivity index is 2.66. The van der Waals surface area contributed by atoms with Crippen LogP contribution in [0.4, 0.5) is 5.69 Å². The van der Waals surface area contributed by atoms with Gasteiger partial charge in [-0.25, -0.2) is 0 Å². The van der Waals surface area contributed by atoms with E-state index in [-0.39, 0.29) is 5.91 Å². The van der Waals surface area contributed by atoms with Gasteiger partial charge in [-0.2, -0.15) is 0 Å². The van der Waals surface area contributed by atoms with Crippen LogP contribution in [0.5, 0.6) is 0 Å². The van der Waals surface area contributed by atoms with Gasteiger partial charge in [0.15, 0.2) is 0 Å². The molecule has 18 heavy (non-hydrogen) atoms. The van der Waals surface area contributed by atoms with E-state index in [0.717, 1.165) is 25.3 Å². The maximum absolute atomic E-state index is 11.4. The summed E-state index contributed by atoms with van der Waals surface area (Å²) in [6, 6.07) is 8.34. The van der Waals surface area contributed by atoms with E-state index >= 15 is 0 Å². The molecule has 0 bridgehead atoms. The number of nitrogens with one attached hydrogen (secondary N) is 2. The summed E-state index contributed by atoms with van der Waals surface area (Å²) in [7, 11) is 1.66. The lowest BCUT2D eigenvalue weighted by atomic mass is 10.2. The van der Waals surface area contributed by atoms with Crippen molar-refractivity contribution in [3.63, 3.8) is 0 Å². The minimum Gasteiger partial charge on any atom is -0.363 e. The second-order valence-corrected chi connectivity index (χ2v) is 4.13. The SMILES string of the molecule is CCNCc1ccc(N(CC)CC(=O)NC)cc1. The molecule has 4 heteroatoms. The van der Waals surface area contributed by atoms with Gasteiger partial charge in [-0.3, -0.25) is 4.79 Å². The van der Waals surface area contributed by atoms with Crippen LogP contribution in [-0.4, -0.2) is 32.6 Å². The zero-order valence-corrected chi connectivity index (χ0v) is 11.5. The van der Waals surface area contributed by atoms with Crippen LogP contribution in [0.2, 0.25) is 0 Å². The van der Waals surface area contributed by atoms with E-state index < -0.39 is 0 Å². The summed E-state index contributed by atoms with van der Waals surface area (Å²) in [6.45, 7) is 7.23. The fraction of sp³-hybridized carbons (Fsp3) is 0.500. The van der Waals surface area contributed by atoms with Crippen molar-refractivity contribution in [2.75, 3.05) is 31.6 Å². The average molecular weight is 249 g/mol. The summed E-state index contributed by atoms with van der Waals surface area (Å²) in [5.41, 5.74) is 2.35. The number of likely N-dealkylation sites (N-methyl/N-ethyl adjacent to an activating group) is 2. The highest BCUT2D eigenvalue weighted by atomic mass is 16.1. The van der Waals surface area contributed by atoms with Crippen LogP contribution in [0.25, 0.3) is 0 Å². The molecule has 0 aliphatic rings. The molecule has 1 amide bonds. The molecular weight excluding hydrogens is 226 g/mol. The first kappa shape index (κ1) is 14.5. The van der Waals surface area contributed by atoms with Gasteiger partial charge in [-0.15, -0.1) is 0 Å². The van der Waals surface area contributed by atoms with Crippen molar-refractivity contribution in [3.05, 3.63) is 29.8 Å². The van der Waals surface area contributed by atoms with Crippen molar-refractivity contribution in [1.82, 2.24) is 10.6 Å². The monoisotopic (exact) mass is 249 g/mol. The van der Waals surface area contributed by atoms with Crippen LogP contribution >= 0.6 is 0 Å². The van der Waals surface area contributed by atoms with Gasteiger partial charge >= 0.3 is 0 Å². The van der Waals surface area contributed by atoms with Crippen molar-refractivity contribution in [3.8, 4) is 0 Å².